The van der Waals surface area contributed by atoms with E-state index in [4.69, 9.17) is 0 Å². The molecular formula is C16H33N. The van der Waals surface area contributed by atoms with Gasteiger partial charge in [-0.15, -0.1) is 0 Å². The molecule has 1 heterocycles. The third kappa shape index (κ3) is 5.42. The van der Waals surface area contributed by atoms with E-state index in [2.05, 4.69) is 32.6 Å². The van der Waals surface area contributed by atoms with Crippen LogP contribution in [0.25, 0.3) is 0 Å². The molecule has 0 N–H and O–H groups in total. The van der Waals surface area contributed by atoms with Gasteiger partial charge in [0.15, 0.2) is 0 Å². The van der Waals surface area contributed by atoms with Gasteiger partial charge in [0.2, 0.25) is 0 Å². The molecule has 1 heteroatoms. The Balaban J connectivity index is 2.31. The monoisotopic (exact) mass is 239 g/mol. The Morgan fingerprint density at radius 1 is 0.882 bits per heavy atom. The minimum atomic E-state index is 0.789. The third-order valence-electron chi connectivity index (χ3n) is 4.85. The van der Waals surface area contributed by atoms with E-state index in [9.17, 15) is 0 Å². The molecule has 17 heavy (non-hydrogen) atoms. The highest BCUT2D eigenvalue weighted by molar-refractivity contribution is 4.75. The maximum atomic E-state index is 2.74. The Morgan fingerprint density at radius 2 is 1.47 bits per heavy atom. The molecule has 0 aliphatic carbocycles. The Kier molecular flexibility index (Phi) is 7.18. The molecule has 0 aromatic heterocycles. The molecule has 102 valence electrons. The predicted octanol–water partition coefficient (Wildman–Crippen LogP) is 4.71. The van der Waals surface area contributed by atoms with Crippen molar-refractivity contribution in [2.75, 3.05) is 13.1 Å². The summed E-state index contributed by atoms with van der Waals surface area (Å²) in [6, 6.07) is 0.789. The number of nitrogens with zero attached hydrogens (tertiary/aromatic N) is 1. The van der Waals surface area contributed by atoms with Gasteiger partial charge in [0, 0.05) is 6.04 Å². The molecule has 3 unspecified atom stereocenters. The molecule has 1 rings (SSSR count). The van der Waals surface area contributed by atoms with Crippen molar-refractivity contribution in [1.29, 1.82) is 0 Å². The van der Waals surface area contributed by atoms with Crippen LogP contribution in [0.1, 0.15) is 72.6 Å². The normalized spacial score (nSPS) is 24.0. The summed E-state index contributed by atoms with van der Waals surface area (Å²) in [5.74, 6) is 1.77. The summed E-state index contributed by atoms with van der Waals surface area (Å²) in [4.78, 5) is 2.74. The van der Waals surface area contributed by atoms with Gasteiger partial charge in [-0.2, -0.15) is 0 Å². The zero-order chi connectivity index (χ0) is 12.7. The van der Waals surface area contributed by atoms with E-state index in [-0.39, 0.29) is 0 Å². The Labute approximate surface area is 109 Å². The van der Waals surface area contributed by atoms with Crippen molar-refractivity contribution in [3.05, 3.63) is 0 Å². The summed E-state index contributed by atoms with van der Waals surface area (Å²) in [6.45, 7) is 12.3. The Morgan fingerprint density at radius 3 is 2.00 bits per heavy atom. The highest BCUT2D eigenvalue weighted by atomic mass is 15.1. The maximum absolute atomic E-state index is 2.74. The number of rotatable bonds is 6. The zero-order valence-electron chi connectivity index (χ0n) is 12.5. The van der Waals surface area contributed by atoms with Crippen LogP contribution in [0.15, 0.2) is 0 Å². The summed E-state index contributed by atoms with van der Waals surface area (Å²) >= 11 is 0. The second kappa shape index (κ2) is 8.13. The first-order valence-electron chi connectivity index (χ1n) is 7.89. The lowest BCUT2D eigenvalue weighted by Crippen LogP contribution is -2.38. The summed E-state index contributed by atoms with van der Waals surface area (Å²) in [5, 5.41) is 0. The van der Waals surface area contributed by atoms with Gasteiger partial charge in [0.1, 0.15) is 0 Å². The highest BCUT2D eigenvalue weighted by Gasteiger charge is 2.21. The molecule has 3 atom stereocenters. The first-order chi connectivity index (χ1) is 8.15. The van der Waals surface area contributed by atoms with Crippen molar-refractivity contribution in [3.8, 4) is 0 Å². The molecule has 1 fully saturated rings. The molecule has 0 amide bonds. The summed E-state index contributed by atoms with van der Waals surface area (Å²) < 4.78 is 0. The molecule has 1 aliphatic rings. The minimum absolute atomic E-state index is 0.789. The van der Waals surface area contributed by atoms with Gasteiger partial charge in [0.05, 0.1) is 0 Å². The van der Waals surface area contributed by atoms with E-state index in [1.807, 2.05) is 0 Å². The van der Waals surface area contributed by atoms with E-state index >= 15 is 0 Å². The SMILES string of the molecule is CCC(C)CCC(C)C(C)N1CCCCCC1. The van der Waals surface area contributed by atoms with E-state index in [0.717, 1.165) is 17.9 Å². The largest absolute Gasteiger partial charge is 0.300 e. The fourth-order valence-electron chi connectivity index (χ4n) is 2.86. The van der Waals surface area contributed by atoms with Crippen LogP contribution in [0.4, 0.5) is 0 Å². The van der Waals surface area contributed by atoms with Crippen LogP contribution in [0, 0.1) is 11.8 Å². The molecule has 0 radical (unpaired) electrons. The first-order valence-corrected chi connectivity index (χ1v) is 7.89. The Bertz CT molecular complexity index is 182. The van der Waals surface area contributed by atoms with Crippen molar-refractivity contribution in [2.24, 2.45) is 11.8 Å². The molecule has 1 nitrogen and oxygen atoms in total. The van der Waals surface area contributed by atoms with Gasteiger partial charge < -0.3 is 4.90 Å². The van der Waals surface area contributed by atoms with Crippen LogP contribution in [0.2, 0.25) is 0 Å². The second-order valence-electron chi connectivity index (χ2n) is 6.26. The van der Waals surface area contributed by atoms with Crippen molar-refractivity contribution < 1.29 is 0 Å². The summed E-state index contributed by atoms with van der Waals surface area (Å²) in [6.07, 6.45) is 9.90. The zero-order valence-corrected chi connectivity index (χ0v) is 12.5. The molecular weight excluding hydrogens is 206 g/mol. The molecule has 0 aromatic carbocycles. The van der Waals surface area contributed by atoms with Gasteiger partial charge in [0.25, 0.3) is 0 Å². The molecule has 0 aromatic rings. The summed E-state index contributed by atoms with van der Waals surface area (Å²) in [7, 11) is 0. The quantitative estimate of drug-likeness (QED) is 0.648. The highest BCUT2D eigenvalue weighted by Crippen LogP contribution is 2.22. The lowest BCUT2D eigenvalue weighted by Gasteiger charge is -2.32. The first kappa shape index (κ1) is 15.0. The van der Waals surface area contributed by atoms with E-state index < -0.39 is 0 Å². The third-order valence-corrected chi connectivity index (χ3v) is 4.85. The van der Waals surface area contributed by atoms with Gasteiger partial charge in [-0.3, -0.25) is 0 Å². The number of hydrogen-bond acceptors (Lipinski definition) is 1. The van der Waals surface area contributed by atoms with Crippen LogP contribution < -0.4 is 0 Å². The van der Waals surface area contributed by atoms with Crippen molar-refractivity contribution in [3.63, 3.8) is 0 Å². The smallest absolute Gasteiger partial charge is 0.00925 e. The summed E-state index contributed by atoms with van der Waals surface area (Å²) in [5.41, 5.74) is 0. The van der Waals surface area contributed by atoms with Gasteiger partial charge in [-0.05, 0) is 51.1 Å². The van der Waals surface area contributed by atoms with Crippen molar-refractivity contribution >= 4 is 0 Å². The number of hydrogen-bond donors (Lipinski definition) is 0. The number of likely N-dealkylation sites (tertiary alicyclic amines) is 1. The lowest BCUT2D eigenvalue weighted by molar-refractivity contribution is 0.157. The van der Waals surface area contributed by atoms with E-state index in [0.29, 0.717) is 0 Å². The standard InChI is InChI=1S/C16H33N/c1-5-14(2)10-11-15(3)16(4)17-12-8-6-7-9-13-17/h14-16H,5-13H2,1-4H3. The average Bonchev–Trinajstić information content (AvgIpc) is 2.63. The van der Waals surface area contributed by atoms with Crippen LogP contribution in [0.3, 0.4) is 0 Å². The second-order valence-corrected chi connectivity index (χ2v) is 6.26. The topological polar surface area (TPSA) is 3.24 Å². The van der Waals surface area contributed by atoms with Crippen LogP contribution in [0.5, 0.6) is 0 Å². The molecule has 1 aliphatic heterocycles. The van der Waals surface area contributed by atoms with Crippen LogP contribution in [-0.2, 0) is 0 Å². The van der Waals surface area contributed by atoms with Gasteiger partial charge >= 0.3 is 0 Å². The lowest BCUT2D eigenvalue weighted by atomic mass is 9.91. The van der Waals surface area contributed by atoms with Crippen molar-refractivity contribution in [1.82, 2.24) is 4.90 Å². The molecule has 0 spiro atoms. The molecule has 1 saturated heterocycles. The van der Waals surface area contributed by atoms with Crippen LogP contribution in [-0.4, -0.2) is 24.0 Å². The fraction of sp³-hybridized carbons (Fsp3) is 1.00. The van der Waals surface area contributed by atoms with Crippen molar-refractivity contribution in [2.45, 2.75) is 78.7 Å². The minimum Gasteiger partial charge on any atom is -0.300 e. The predicted molar refractivity (Wildman–Crippen MR) is 77.4 cm³/mol. The van der Waals surface area contributed by atoms with Gasteiger partial charge in [-0.25, -0.2) is 0 Å². The fourth-order valence-corrected chi connectivity index (χ4v) is 2.86. The van der Waals surface area contributed by atoms with E-state index in [1.165, 1.54) is 58.0 Å². The molecule has 0 saturated carbocycles. The molecule has 0 bridgehead atoms. The average molecular weight is 239 g/mol. The van der Waals surface area contributed by atoms with E-state index in [1.54, 1.807) is 0 Å². The van der Waals surface area contributed by atoms with Crippen LogP contribution >= 0.6 is 0 Å². The maximum Gasteiger partial charge on any atom is 0.00925 e. The van der Waals surface area contributed by atoms with Gasteiger partial charge in [-0.1, -0.05) is 46.5 Å². The Hall–Kier alpha value is -0.0400.